The normalized spacial score (nSPS) is 15.8. The van der Waals surface area contributed by atoms with Crippen LogP contribution in [0.2, 0.25) is 0 Å². The molecule has 1 aromatic carbocycles. The van der Waals surface area contributed by atoms with E-state index in [1.165, 1.54) is 0 Å². The monoisotopic (exact) mass is 449 g/mol. The number of anilines is 1. The van der Waals surface area contributed by atoms with Crippen molar-refractivity contribution in [3.63, 3.8) is 0 Å². The Balaban J connectivity index is 1.49. The lowest BCUT2D eigenvalue weighted by molar-refractivity contribution is 0.0331. The van der Waals surface area contributed by atoms with E-state index < -0.39 is 6.10 Å². The van der Waals surface area contributed by atoms with E-state index in [1.54, 1.807) is 11.3 Å². The second-order valence-electron chi connectivity index (χ2n) is 8.01. The highest BCUT2D eigenvalue weighted by Gasteiger charge is 2.19. The van der Waals surface area contributed by atoms with Gasteiger partial charge in [0.15, 0.2) is 0 Å². The fourth-order valence-corrected chi connectivity index (χ4v) is 5.06. The van der Waals surface area contributed by atoms with E-state index in [4.69, 9.17) is 14.7 Å². The van der Waals surface area contributed by atoms with Gasteiger partial charge in [-0.25, -0.2) is 9.97 Å². The van der Waals surface area contributed by atoms with E-state index in [-0.39, 0.29) is 0 Å². The van der Waals surface area contributed by atoms with Crippen LogP contribution in [0.3, 0.4) is 0 Å². The molecule has 32 heavy (non-hydrogen) atoms. The number of benzene rings is 1. The first-order chi connectivity index (χ1) is 15.7. The summed E-state index contributed by atoms with van der Waals surface area (Å²) >= 11 is 1.63. The van der Waals surface area contributed by atoms with Gasteiger partial charge < -0.3 is 19.7 Å². The smallest absolute Gasteiger partial charge is 0.146 e. The molecule has 1 aliphatic rings. The Kier molecular flexibility index (Phi) is 6.18. The van der Waals surface area contributed by atoms with Crippen LogP contribution in [-0.4, -0.2) is 57.4 Å². The molecule has 3 aromatic heterocycles. The maximum atomic E-state index is 10.7. The standard InChI is InChI=1S/C24H27N5O2S/c1-28-9-5-8-19(28)20(30)14-25-23-22-18(17-6-3-2-4-7-17)16-32-24(22)27-21(26-23)15-29-10-12-31-13-11-29/h2-9,16,20,30H,10-15H2,1H3,(H,25,26,27). The van der Waals surface area contributed by atoms with Crippen molar-refractivity contribution in [2.45, 2.75) is 12.6 Å². The van der Waals surface area contributed by atoms with Crippen LogP contribution in [-0.2, 0) is 18.3 Å². The van der Waals surface area contributed by atoms with Crippen molar-refractivity contribution >= 4 is 27.4 Å². The number of aliphatic hydroxyl groups excluding tert-OH is 1. The first kappa shape index (κ1) is 21.1. The number of fused-ring (bicyclic) bond motifs is 1. The Morgan fingerprint density at radius 1 is 1.12 bits per heavy atom. The molecule has 1 fully saturated rings. The molecule has 0 aliphatic carbocycles. The summed E-state index contributed by atoms with van der Waals surface area (Å²) in [6.07, 6.45) is 1.30. The number of hydrogen-bond acceptors (Lipinski definition) is 7. The molecule has 1 saturated heterocycles. The Morgan fingerprint density at radius 2 is 1.94 bits per heavy atom. The minimum absolute atomic E-state index is 0.366. The molecule has 0 amide bonds. The van der Waals surface area contributed by atoms with E-state index in [0.717, 1.165) is 65.0 Å². The summed E-state index contributed by atoms with van der Waals surface area (Å²) in [6, 6.07) is 14.2. The number of hydrogen-bond donors (Lipinski definition) is 2. The van der Waals surface area contributed by atoms with Gasteiger partial charge in [0.05, 0.1) is 25.1 Å². The number of nitrogens with one attached hydrogen (secondary N) is 1. The molecular weight excluding hydrogens is 422 g/mol. The SMILES string of the molecule is Cn1cccc1C(O)CNc1nc(CN2CCOCC2)nc2scc(-c3ccccc3)c12. The van der Waals surface area contributed by atoms with Crippen LogP contribution < -0.4 is 5.32 Å². The van der Waals surface area contributed by atoms with Crippen molar-refractivity contribution < 1.29 is 9.84 Å². The fourth-order valence-electron chi connectivity index (χ4n) is 4.09. The second kappa shape index (κ2) is 9.38. The quantitative estimate of drug-likeness (QED) is 0.448. The molecule has 0 bridgehead atoms. The predicted octanol–water partition coefficient (Wildman–Crippen LogP) is 3.67. The van der Waals surface area contributed by atoms with Gasteiger partial charge in [-0.3, -0.25) is 4.90 Å². The van der Waals surface area contributed by atoms with Crippen molar-refractivity contribution in [1.82, 2.24) is 19.4 Å². The summed E-state index contributed by atoms with van der Waals surface area (Å²) < 4.78 is 7.41. The van der Waals surface area contributed by atoms with Crippen molar-refractivity contribution in [2.24, 2.45) is 7.05 Å². The summed E-state index contributed by atoms with van der Waals surface area (Å²) in [5, 5.41) is 17.3. The third kappa shape index (κ3) is 4.40. The van der Waals surface area contributed by atoms with Gasteiger partial charge in [-0.15, -0.1) is 11.3 Å². The van der Waals surface area contributed by atoms with Gasteiger partial charge >= 0.3 is 0 Å². The van der Waals surface area contributed by atoms with E-state index in [2.05, 4.69) is 27.7 Å². The van der Waals surface area contributed by atoms with Crippen LogP contribution in [0.5, 0.6) is 0 Å². The molecule has 1 atom stereocenters. The summed E-state index contributed by atoms with van der Waals surface area (Å²) in [5.74, 6) is 1.56. The average Bonchev–Trinajstić information content (AvgIpc) is 3.45. The van der Waals surface area contributed by atoms with E-state index in [0.29, 0.717) is 13.1 Å². The number of thiophene rings is 1. The van der Waals surface area contributed by atoms with E-state index in [9.17, 15) is 5.11 Å². The highest BCUT2D eigenvalue weighted by atomic mass is 32.1. The summed E-state index contributed by atoms with van der Waals surface area (Å²) in [6.45, 7) is 4.31. The van der Waals surface area contributed by atoms with Gasteiger partial charge in [-0.05, 0) is 17.7 Å². The number of aliphatic hydroxyl groups is 1. The lowest BCUT2D eigenvalue weighted by atomic mass is 10.1. The molecule has 0 spiro atoms. The van der Waals surface area contributed by atoms with Gasteiger partial charge in [-0.2, -0.15) is 0 Å². The Bertz CT molecular complexity index is 1180. The second-order valence-corrected chi connectivity index (χ2v) is 8.87. The molecule has 4 aromatic rings. The Labute approximate surface area is 191 Å². The summed E-state index contributed by atoms with van der Waals surface area (Å²) in [7, 11) is 1.94. The molecule has 166 valence electrons. The maximum absolute atomic E-state index is 10.7. The number of nitrogens with zero attached hydrogens (tertiary/aromatic N) is 4. The highest BCUT2D eigenvalue weighted by Crippen LogP contribution is 2.37. The molecule has 7 nitrogen and oxygen atoms in total. The first-order valence-electron chi connectivity index (χ1n) is 10.9. The van der Waals surface area contributed by atoms with Crippen LogP contribution in [0.15, 0.2) is 54.0 Å². The minimum atomic E-state index is -0.637. The van der Waals surface area contributed by atoms with Crippen molar-refractivity contribution in [3.8, 4) is 11.1 Å². The molecule has 5 rings (SSSR count). The zero-order valence-corrected chi connectivity index (χ0v) is 18.9. The molecule has 2 N–H and O–H groups in total. The van der Waals surface area contributed by atoms with Crippen LogP contribution in [0, 0.1) is 0 Å². The third-order valence-corrected chi connectivity index (χ3v) is 6.69. The van der Waals surface area contributed by atoms with Gasteiger partial charge in [0.1, 0.15) is 22.6 Å². The van der Waals surface area contributed by atoms with Gasteiger partial charge in [-0.1, -0.05) is 30.3 Å². The van der Waals surface area contributed by atoms with Crippen molar-refractivity contribution in [2.75, 3.05) is 38.2 Å². The summed E-state index contributed by atoms with van der Waals surface area (Å²) in [5.41, 5.74) is 3.11. The van der Waals surface area contributed by atoms with Crippen LogP contribution in [0.1, 0.15) is 17.6 Å². The van der Waals surface area contributed by atoms with Gasteiger partial charge in [0.2, 0.25) is 0 Å². The van der Waals surface area contributed by atoms with Gasteiger partial charge in [0.25, 0.3) is 0 Å². The largest absolute Gasteiger partial charge is 0.385 e. The number of rotatable bonds is 7. The number of aromatic nitrogens is 3. The third-order valence-electron chi connectivity index (χ3n) is 5.82. The number of aryl methyl sites for hydroxylation is 1. The highest BCUT2D eigenvalue weighted by molar-refractivity contribution is 7.17. The molecule has 1 aliphatic heterocycles. The lowest BCUT2D eigenvalue weighted by Gasteiger charge is -2.26. The van der Waals surface area contributed by atoms with Crippen LogP contribution >= 0.6 is 11.3 Å². The molecule has 1 unspecified atom stereocenters. The molecule has 8 heteroatoms. The predicted molar refractivity (Wildman–Crippen MR) is 128 cm³/mol. The zero-order valence-electron chi connectivity index (χ0n) is 18.1. The average molecular weight is 450 g/mol. The molecule has 4 heterocycles. The summed E-state index contributed by atoms with van der Waals surface area (Å²) in [4.78, 5) is 13.1. The number of morpholine rings is 1. The molecule has 0 saturated carbocycles. The van der Waals surface area contributed by atoms with Crippen molar-refractivity contribution in [3.05, 3.63) is 65.6 Å². The van der Waals surface area contributed by atoms with Gasteiger partial charge in [0, 0.05) is 49.5 Å². The van der Waals surface area contributed by atoms with E-state index >= 15 is 0 Å². The maximum Gasteiger partial charge on any atom is 0.146 e. The van der Waals surface area contributed by atoms with E-state index in [1.807, 2.05) is 48.1 Å². The number of ether oxygens (including phenoxy) is 1. The topological polar surface area (TPSA) is 75.4 Å². The van der Waals surface area contributed by atoms with Crippen LogP contribution in [0.25, 0.3) is 21.3 Å². The first-order valence-corrected chi connectivity index (χ1v) is 11.7. The Morgan fingerprint density at radius 3 is 2.69 bits per heavy atom. The van der Waals surface area contributed by atoms with Crippen molar-refractivity contribution in [1.29, 1.82) is 0 Å². The lowest BCUT2D eigenvalue weighted by Crippen LogP contribution is -2.36. The molecule has 0 radical (unpaired) electrons. The molecular formula is C24H27N5O2S. The zero-order chi connectivity index (χ0) is 21.9. The minimum Gasteiger partial charge on any atom is -0.385 e. The Hall–Kier alpha value is -2.78. The van der Waals surface area contributed by atoms with Crippen LogP contribution in [0.4, 0.5) is 5.82 Å². The fraction of sp³-hybridized carbons (Fsp3) is 0.333.